The maximum Gasteiger partial charge on any atom is 0.276 e. The van der Waals surface area contributed by atoms with Crippen LogP contribution in [0, 0.1) is 0 Å². The van der Waals surface area contributed by atoms with Gasteiger partial charge in [0.2, 0.25) is 0 Å². The van der Waals surface area contributed by atoms with E-state index >= 15 is 0 Å². The molecule has 0 radical (unpaired) electrons. The van der Waals surface area contributed by atoms with Crippen molar-refractivity contribution in [3.05, 3.63) is 53.4 Å². The first-order valence-corrected chi connectivity index (χ1v) is 8.97. The minimum atomic E-state index is -0.583. The molecule has 5 nitrogen and oxygen atoms in total. The van der Waals surface area contributed by atoms with Crippen molar-refractivity contribution in [1.82, 2.24) is 10.2 Å². The average molecular weight is 348 g/mol. The maximum absolute atomic E-state index is 9.95. The average Bonchev–Trinajstić information content (AvgIpc) is 3.25. The molecule has 1 aromatic carbocycles. The van der Waals surface area contributed by atoms with E-state index in [-0.39, 0.29) is 6.61 Å². The van der Waals surface area contributed by atoms with Crippen LogP contribution in [0.4, 0.5) is 0 Å². The number of aliphatic hydroxyl groups is 1. The molecule has 0 spiro atoms. The predicted octanol–water partition coefficient (Wildman–Crippen LogP) is 3.47. The van der Waals surface area contributed by atoms with Gasteiger partial charge in [0.25, 0.3) is 11.1 Å². The second-order valence-corrected chi connectivity index (χ2v) is 6.73. The summed E-state index contributed by atoms with van der Waals surface area (Å²) < 4.78 is 11.1. The molecule has 0 fully saturated rings. The number of hydrogen-bond donors (Lipinski definition) is 1. The molecule has 2 heterocycles. The molecule has 0 aliphatic carbocycles. The van der Waals surface area contributed by atoms with Gasteiger partial charge in [-0.15, -0.1) is 21.5 Å². The Bertz CT molecular complexity index is 701. The van der Waals surface area contributed by atoms with Crippen LogP contribution in [0.3, 0.4) is 0 Å². The molecule has 3 aromatic rings. The monoisotopic (exact) mass is 348 g/mol. The Morgan fingerprint density at radius 1 is 1.17 bits per heavy atom. The van der Waals surface area contributed by atoms with Gasteiger partial charge in [0, 0.05) is 5.75 Å². The molecule has 0 aliphatic rings. The van der Waals surface area contributed by atoms with Gasteiger partial charge in [0.05, 0.1) is 24.2 Å². The maximum atomic E-state index is 9.95. The molecule has 120 valence electrons. The molecule has 0 unspecified atom stereocenters. The van der Waals surface area contributed by atoms with E-state index in [0.717, 1.165) is 10.4 Å². The topological polar surface area (TPSA) is 68.4 Å². The normalized spacial score (nSPS) is 12.4. The highest BCUT2D eigenvalue weighted by Crippen LogP contribution is 2.26. The van der Waals surface area contributed by atoms with Gasteiger partial charge < -0.3 is 14.3 Å². The van der Waals surface area contributed by atoms with E-state index in [2.05, 4.69) is 10.2 Å². The summed E-state index contributed by atoms with van der Waals surface area (Å²) in [7, 11) is 0. The standard InChI is InChI=1S/C16H16N2O3S2/c19-13(10-20-9-12-5-2-1-3-6-12)11-23-16-18-17-15(21-16)14-7-4-8-22-14/h1-8,13,19H,9-11H2/t13-/m1/s1. The lowest BCUT2D eigenvalue weighted by Gasteiger charge is -2.09. The van der Waals surface area contributed by atoms with Crippen molar-refractivity contribution in [2.24, 2.45) is 0 Å². The van der Waals surface area contributed by atoms with E-state index in [1.165, 1.54) is 11.8 Å². The van der Waals surface area contributed by atoms with Gasteiger partial charge in [0.1, 0.15) is 0 Å². The Morgan fingerprint density at radius 3 is 2.83 bits per heavy atom. The summed E-state index contributed by atoms with van der Waals surface area (Å²) in [5.74, 6) is 0.957. The molecule has 0 saturated carbocycles. The Morgan fingerprint density at radius 2 is 2.04 bits per heavy atom. The number of rotatable bonds is 8. The van der Waals surface area contributed by atoms with Gasteiger partial charge in [0.15, 0.2) is 0 Å². The van der Waals surface area contributed by atoms with Crippen molar-refractivity contribution in [2.75, 3.05) is 12.4 Å². The van der Waals surface area contributed by atoms with Crippen LogP contribution in [0.5, 0.6) is 0 Å². The summed E-state index contributed by atoms with van der Waals surface area (Å²) in [6.45, 7) is 0.763. The van der Waals surface area contributed by atoms with Crippen molar-refractivity contribution in [3.8, 4) is 10.8 Å². The lowest BCUT2D eigenvalue weighted by atomic mass is 10.2. The van der Waals surface area contributed by atoms with Crippen LogP contribution >= 0.6 is 23.1 Å². The molecule has 0 amide bonds. The van der Waals surface area contributed by atoms with Gasteiger partial charge in [-0.1, -0.05) is 48.2 Å². The Kier molecular flexibility index (Phi) is 5.82. The summed E-state index contributed by atoms with van der Waals surface area (Å²) in [6, 6.07) is 13.7. The highest BCUT2D eigenvalue weighted by atomic mass is 32.2. The summed E-state index contributed by atoms with van der Waals surface area (Å²) in [5, 5.41) is 20.3. The number of thiophene rings is 1. The van der Waals surface area contributed by atoms with Crippen LogP contribution in [0.1, 0.15) is 5.56 Å². The zero-order valence-corrected chi connectivity index (χ0v) is 13.9. The highest BCUT2D eigenvalue weighted by Gasteiger charge is 2.12. The summed E-state index contributed by atoms with van der Waals surface area (Å²) in [6.07, 6.45) is -0.583. The van der Waals surface area contributed by atoms with Gasteiger partial charge >= 0.3 is 0 Å². The smallest absolute Gasteiger partial charge is 0.276 e. The quantitative estimate of drug-likeness (QED) is 0.629. The molecule has 1 atom stereocenters. The third kappa shape index (κ3) is 4.90. The minimum Gasteiger partial charge on any atom is -0.410 e. The summed E-state index contributed by atoms with van der Waals surface area (Å²) >= 11 is 2.88. The number of ether oxygens (including phenoxy) is 1. The van der Waals surface area contributed by atoms with Crippen LogP contribution in [-0.4, -0.2) is 33.8 Å². The van der Waals surface area contributed by atoms with E-state index in [0.29, 0.717) is 23.5 Å². The van der Waals surface area contributed by atoms with Crippen LogP contribution in [0.2, 0.25) is 0 Å². The van der Waals surface area contributed by atoms with Crippen molar-refractivity contribution in [3.63, 3.8) is 0 Å². The molecule has 0 bridgehead atoms. The van der Waals surface area contributed by atoms with E-state index in [1.54, 1.807) is 11.3 Å². The molecule has 2 aromatic heterocycles. The fourth-order valence-corrected chi connectivity index (χ4v) is 3.18. The predicted molar refractivity (Wildman–Crippen MR) is 90.4 cm³/mol. The van der Waals surface area contributed by atoms with Crippen molar-refractivity contribution in [2.45, 2.75) is 17.9 Å². The lowest BCUT2D eigenvalue weighted by molar-refractivity contribution is 0.0397. The first-order chi connectivity index (χ1) is 11.3. The number of nitrogens with zero attached hydrogens (tertiary/aromatic N) is 2. The van der Waals surface area contributed by atoms with Crippen LogP contribution in [0.15, 0.2) is 57.5 Å². The highest BCUT2D eigenvalue weighted by molar-refractivity contribution is 7.99. The van der Waals surface area contributed by atoms with E-state index < -0.39 is 6.10 Å². The van der Waals surface area contributed by atoms with Crippen molar-refractivity contribution in [1.29, 1.82) is 0 Å². The number of aromatic nitrogens is 2. The fourth-order valence-electron chi connectivity index (χ4n) is 1.87. The molecular formula is C16H16N2O3S2. The van der Waals surface area contributed by atoms with Gasteiger partial charge in [-0.2, -0.15) is 0 Å². The third-order valence-corrected chi connectivity index (χ3v) is 4.78. The zero-order valence-electron chi connectivity index (χ0n) is 12.3. The van der Waals surface area contributed by atoms with Gasteiger partial charge in [-0.25, -0.2) is 0 Å². The van der Waals surface area contributed by atoms with E-state index in [4.69, 9.17) is 9.15 Å². The van der Waals surface area contributed by atoms with Gasteiger partial charge in [-0.05, 0) is 17.0 Å². The largest absolute Gasteiger partial charge is 0.410 e. The second-order valence-electron chi connectivity index (χ2n) is 4.82. The molecule has 0 saturated heterocycles. The van der Waals surface area contributed by atoms with Gasteiger partial charge in [-0.3, -0.25) is 0 Å². The fraction of sp³-hybridized carbons (Fsp3) is 0.250. The van der Waals surface area contributed by atoms with E-state index in [9.17, 15) is 5.11 Å². The van der Waals surface area contributed by atoms with E-state index in [1.807, 2.05) is 47.8 Å². The molecule has 0 aliphatic heterocycles. The number of thioether (sulfide) groups is 1. The first kappa shape index (κ1) is 16.2. The molecular weight excluding hydrogens is 332 g/mol. The van der Waals surface area contributed by atoms with Crippen LogP contribution < -0.4 is 0 Å². The molecule has 23 heavy (non-hydrogen) atoms. The third-order valence-electron chi connectivity index (χ3n) is 2.96. The lowest BCUT2D eigenvalue weighted by Crippen LogP contribution is -2.17. The molecule has 3 rings (SSSR count). The van der Waals surface area contributed by atoms with Crippen LogP contribution in [0.25, 0.3) is 10.8 Å². The summed E-state index contributed by atoms with van der Waals surface area (Å²) in [4.78, 5) is 0.941. The Labute approximate surface area is 142 Å². The molecule has 1 N–H and O–H groups in total. The summed E-state index contributed by atoms with van der Waals surface area (Å²) in [5.41, 5.74) is 1.09. The zero-order chi connectivity index (χ0) is 15.9. The first-order valence-electron chi connectivity index (χ1n) is 7.11. The molecule has 7 heteroatoms. The number of aliphatic hydroxyl groups excluding tert-OH is 1. The van der Waals surface area contributed by atoms with Crippen molar-refractivity contribution >= 4 is 23.1 Å². The second kappa shape index (κ2) is 8.26. The van der Waals surface area contributed by atoms with Crippen molar-refractivity contribution < 1.29 is 14.3 Å². The number of benzene rings is 1. The number of hydrogen-bond acceptors (Lipinski definition) is 7. The Hall–Kier alpha value is -1.67. The Balaban J connectivity index is 1.40. The SMILES string of the molecule is O[C@H](COCc1ccccc1)CSc1nnc(-c2cccs2)o1. The minimum absolute atomic E-state index is 0.272. The van der Waals surface area contributed by atoms with Crippen LogP contribution in [-0.2, 0) is 11.3 Å².